The molecule has 0 amide bonds. The molecular weight excluding hydrogens is 246 g/mol. The molecule has 1 aromatic rings. The van der Waals surface area contributed by atoms with E-state index in [1.165, 1.54) is 12.1 Å². The van der Waals surface area contributed by atoms with Crippen molar-refractivity contribution in [3.05, 3.63) is 29.8 Å². The molecule has 0 radical (unpaired) electrons. The van der Waals surface area contributed by atoms with Crippen molar-refractivity contribution in [3.8, 4) is 5.75 Å². The zero-order valence-electron chi connectivity index (χ0n) is 11.4. The number of rotatable bonds is 9. The summed E-state index contributed by atoms with van der Waals surface area (Å²) in [4.78, 5) is 10.7. The maximum Gasteiger partial charge on any atom is 0.335 e. The maximum atomic E-state index is 10.7. The van der Waals surface area contributed by atoms with Crippen LogP contribution in [0, 0.1) is 0 Å². The molecule has 5 heteroatoms. The minimum Gasteiger partial charge on any atom is -0.492 e. The molecule has 106 valence electrons. The van der Waals surface area contributed by atoms with Gasteiger partial charge in [0, 0.05) is 19.7 Å². The summed E-state index contributed by atoms with van der Waals surface area (Å²) in [5.41, 5.74) is 0.260. The fourth-order valence-corrected chi connectivity index (χ4v) is 1.58. The van der Waals surface area contributed by atoms with E-state index in [9.17, 15) is 4.79 Å². The molecule has 0 fully saturated rings. The van der Waals surface area contributed by atoms with Crippen LogP contribution in [0.4, 0.5) is 0 Å². The number of carboxylic acids is 1. The molecule has 0 aliphatic carbocycles. The fraction of sp³-hybridized carbons (Fsp3) is 0.500. The zero-order chi connectivity index (χ0) is 14.1. The fourth-order valence-electron chi connectivity index (χ4n) is 1.58. The number of hydrogen-bond donors (Lipinski definition) is 2. The van der Waals surface area contributed by atoms with Gasteiger partial charge in [-0.15, -0.1) is 0 Å². The first-order valence-corrected chi connectivity index (χ1v) is 6.42. The molecule has 2 N–H and O–H groups in total. The lowest BCUT2D eigenvalue weighted by atomic mass is 10.2. The molecule has 0 heterocycles. The van der Waals surface area contributed by atoms with Crippen LogP contribution in [0.1, 0.15) is 24.2 Å². The highest BCUT2D eigenvalue weighted by molar-refractivity contribution is 5.87. The molecule has 19 heavy (non-hydrogen) atoms. The van der Waals surface area contributed by atoms with E-state index >= 15 is 0 Å². The van der Waals surface area contributed by atoms with E-state index in [2.05, 4.69) is 5.32 Å². The largest absolute Gasteiger partial charge is 0.492 e. The Balaban J connectivity index is 2.17. The van der Waals surface area contributed by atoms with Gasteiger partial charge in [0.15, 0.2) is 0 Å². The van der Waals surface area contributed by atoms with E-state index < -0.39 is 5.97 Å². The van der Waals surface area contributed by atoms with E-state index in [1.54, 1.807) is 12.1 Å². The van der Waals surface area contributed by atoms with Gasteiger partial charge in [-0.05, 0) is 38.1 Å². The van der Waals surface area contributed by atoms with Gasteiger partial charge in [-0.3, -0.25) is 0 Å². The first-order valence-electron chi connectivity index (χ1n) is 6.42. The normalized spacial score (nSPS) is 12.1. The highest BCUT2D eigenvalue weighted by Crippen LogP contribution is 2.11. The first kappa shape index (κ1) is 15.5. The van der Waals surface area contributed by atoms with Crippen LogP contribution in [0.15, 0.2) is 24.3 Å². The standard InChI is InChI=1S/C14H21NO4/c1-3-18-11(2)10-15-8-9-19-13-6-4-12(5-7-13)14(16)17/h4-7,11,15H,3,8-10H2,1-2H3,(H,16,17). The number of ether oxygens (including phenoxy) is 2. The summed E-state index contributed by atoms with van der Waals surface area (Å²) in [6.45, 7) is 6.75. The topological polar surface area (TPSA) is 67.8 Å². The van der Waals surface area contributed by atoms with Crippen molar-refractivity contribution < 1.29 is 19.4 Å². The van der Waals surface area contributed by atoms with Gasteiger partial charge in [0.05, 0.1) is 11.7 Å². The molecule has 5 nitrogen and oxygen atoms in total. The molecule has 0 saturated carbocycles. The minimum atomic E-state index is -0.932. The van der Waals surface area contributed by atoms with Crippen molar-refractivity contribution in [2.75, 3.05) is 26.3 Å². The molecule has 1 aromatic carbocycles. The van der Waals surface area contributed by atoms with Gasteiger partial charge >= 0.3 is 5.97 Å². The van der Waals surface area contributed by atoms with Gasteiger partial charge in [-0.2, -0.15) is 0 Å². The van der Waals surface area contributed by atoms with Crippen molar-refractivity contribution >= 4 is 5.97 Å². The second kappa shape index (κ2) is 8.50. The summed E-state index contributed by atoms with van der Waals surface area (Å²) in [5, 5.41) is 12.0. The number of carboxylic acid groups (broad SMARTS) is 1. The van der Waals surface area contributed by atoms with Crippen LogP contribution in [0.3, 0.4) is 0 Å². The van der Waals surface area contributed by atoms with Crippen molar-refractivity contribution in [2.24, 2.45) is 0 Å². The van der Waals surface area contributed by atoms with Crippen LogP contribution >= 0.6 is 0 Å². The van der Waals surface area contributed by atoms with E-state index in [4.69, 9.17) is 14.6 Å². The second-order valence-electron chi connectivity index (χ2n) is 4.15. The van der Waals surface area contributed by atoms with Crippen molar-refractivity contribution in [2.45, 2.75) is 20.0 Å². The van der Waals surface area contributed by atoms with Crippen LogP contribution in [0.2, 0.25) is 0 Å². The smallest absolute Gasteiger partial charge is 0.335 e. The number of aromatic carboxylic acids is 1. The van der Waals surface area contributed by atoms with Gasteiger partial charge in [-0.1, -0.05) is 0 Å². The average Bonchev–Trinajstić information content (AvgIpc) is 2.39. The Hall–Kier alpha value is -1.59. The predicted octanol–water partition coefficient (Wildman–Crippen LogP) is 1.78. The number of carbonyl (C=O) groups is 1. The summed E-state index contributed by atoms with van der Waals surface area (Å²) < 4.78 is 10.9. The molecule has 0 spiro atoms. The van der Waals surface area contributed by atoms with Gasteiger partial charge in [-0.25, -0.2) is 4.79 Å². The van der Waals surface area contributed by atoms with Gasteiger partial charge in [0.25, 0.3) is 0 Å². The summed E-state index contributed by atoms with van der Waals surface area (Å²) in [6, 6.07) is 6.38. The van der Waals surface area contributed by atoms with Crippen LogP contribution < -0.4 is 10.1 Å². The van der Waals surface area contributed by atoms with Crippen molar-refractivity contribution in [1.29, 1.82) is 0 Å². The number of nitrogens with one attached hydrogen (secondary N) is 1. The summed E-state index contributed by atoms with van der Waals surface area (Å²) in [5.74, 6) is -0.261. The highest BCUT2D eigenvalue weighted by atomic mass is 16.5. The molecule has 0 aliphatic rings. The molecule has 0 aromatic heterocycles. The third kappa shape index (κ3) is 6.22. The summed E-state index contributed by atoms with van der Waals surface area (Å²) in [7, 11) is 0. The van der Waals surface area contributed by atoms with E-state index in [0.29, 0.717) is 12.4 Å². The van der Waals surface area contributed by atoms with Crippen molar-refractivity contribution in [3.63, 3.8) is 0 Å². The van der Waals surface area contributed by atoms with Crippen LogP contribution in [-0.4, -0.2) is 43.5 Å². The lowest BCUT2D eigenvalue weighted by Gasteiger charge is -2.12. The molecule has 1 rings (SSSR count). The second-order valence-corrected chi connectivity index (χ2v) is 4.15. The zero-order valence-corrected chi connectivity index (χ0v) is 11.4. The Morgan fingerprint density at radius 1 is 1.37 bits per heavy atom. The molecule has 0 aliphatic heterocycles. The maximum absolute atomic E-state index is 10.7. The lowest BCUT2D eigenvalue weighted by Crippen LogP contribution is -2.30. The lowest BCUT2D eigenvalue weighted by molar-refractivity contribution is 0.0696. The Morgan fingerprint density at radius 3 is 2.63 bits per heavy atom. The Kier molecular flexibility index (Phi) is 6.92. The van der Waals surface area contributed by atoms with E-state index in [-0.39, 0.29) is 11.7 Å². The minimum absolute atomic E-state index is 0.194. The summed E-state index contributed by atoms with van der Waals surface area (Å²) >= 11 is 0. The SMILES string of the molecule is CCOC(C)CNCCOc1ccc(C(=O)O)cc1. The third-order valence-corrected chi connectivity index (χ3v) is 2.53. The molecule has 1 atom stereocenters. The van der Waals surface area contributed by atoms with Gasteiger partial charge in [0.1, 0.15) is 12.4 Å². The van der Waals surface area contributed by atoms with Gasteiger partial charge < -0.3 is 19.9 Å². The Bertz CT molecular complexity index is 378. The number of benzene rings is 1. The summed E-state index contributed by atoms with van der Waals surface area (Å²) in [6.07, 6.45) is 0.194. The monoisotopic (exact) mass is 267 g/mol. The van der Waals surface area contributed by atoms with E-state index in [0.717, 1.165) is 19.7 Å². The van der Waals surface area contributed by atoms with E-state index in [1.807, 2.05) is 13.8 Å². The highest BCUT2D eigenvalue weighted by Gasteiger charge is 2.02. The van der Waals surface area contributed by atoms with Crippen LogP contribution in [0.25, 0.3) is 0 Å². The third-order valence-electron chi connectivity index (χ3n) is 2.53. The molecule has 0 bridgehead atoms. The molecule has 0 saturated heterocycles. The average molecular weight is 267 g/mol. The molecule has 1 unspecified atom stereocenters. The first-order chi connectivity index (χ1) is 9.13. The van der Waals surface area contributed by atoms with Crippen molar-refractivity contribution in [1.82, 2.24) is 5.32 Å². The predicted molar refractivity (Wildman–Crippen MR) is 72.9 cm³/mol. The molecular formula is C14H21NO4. The quantitative estimate of drug-likeness (QED) is 0.667. The van der Waals surface area contributed by atoms with Crippen LogP contribution in [0.5, 0.6) is 5.75 Å². The Labute approximate surface area is 113 Å². The number of hydrogen-bond acceptors (Lipinski definition) is 4. The van der Waals surface area contributed by atoms with Crippen LogP contribution in [-0.2, 0) is 4.74 Å². The van der Waals surface area contributed by atoms with Gasteiger partial charge in [0.2, 0.25) is 0 Å². The Morgan fingerprint density at radius 2 is 2.05 bits per heavy atom.